The van der Waals surface area contributed by atoms with Crippen molar-refractivity contribution in [2.75, 3.05) is 5.73 Å². The van der Waals surface area contributed by atoms with Gasteiger partial charge in [0.1, 0.15) is 4.60 Å². The standard InChI is InChI=1S/C10H9BrN6O/c1-5-6(4-17-3-2-7(11)14-17)8(12)9-10(13-5)16-18-15-9/h2-3H,4,12H2,1H3. The average molecular weight is 309 g/mol. The van der Waals surface area contributed by atoms with E-state index in [1.165, 1.54) is 0 Å². The van der Waals surface area contributed by atoms with Crippen LogP contribution in [0.25, 0.3) is 11.2 Å². The highest BCUT2D eigenvalue weighted by molar-refractivity contribution is 9.10. The van der Waals surface area contributed by atoms with E-state index in [9.17, 15) is 0 Å². The molecule has 8 heteroatoms. The highest BCUT2D eigenvalue weighted by atomic mass is 79.9. The van der Waals surface area contributed by atoms with Gasteiger partial charge in [-0.1, -0.05) is 0 Å². The van der Waals surface area contributed by atoms with Gasteiger partial charge in [-0.3, -0.25) is 4.68 Å². The van der Waals surface area contributed by atoms with Gasteiger partial charge in [-0.25, -0.2) is 9.61 Å². The van der Waals surface area contributed by atoms with Crippen LogP contribution in [0, 0.1) is 6.92 Å². The van der Waals surface area contributed by atoms with E-state index in [2.05, 4.69) is 41.0 Å². The normalized spacial score (nSPS) is 11.2. The second kappa shape index (κ2) is 4.05. The van der Waals surface area contributed by atoms with Gasteiger partial charge < -0.3 is 5.73 Å². The number of pyridine rings is 1. The Morgan fingerprint density at radius 1 is 1.44 bits per heavy atom. The summed E-state index contributed by atoms with van der Waals surface area (Å²) in [4.78, 5) is 4.30. The molecule has 0 atom stereocenters. The molecular weight excluding hydrogens is 300 g/mol. The smallest absolute Gasteiger partial charge is 0.226 e. The lowest BCUT2D eigenvalue weighted by atomic mass is 10.1. The van der Waals surface area contributed by atoms with Crippen LogP contribution < -0.4 is 5.73 Å². The first-order valence-electron chi connectivity index (χ1n) is 5.21. The quantitative estimate of drug-likeness (QED) is 0.771. The fraction of sp³-hybridized carbons (Fsp3) is 0.200. The van der Waals surface area contributed by atoms with E-state index in [1.807, 2.05) is 19.2 Å². The summed E-state index contributed by atoms with van der Waals surface area (Å²) in [6, 6.07) is 1.86. The number of anilines is 1. The number of fused-ring (bicyclic) bond motifs is 1. The Labute approximate surface area is 110 Å². The molecule has 0 unspecified atom stereocenters. The number of nitrogens with zero attached hydrogens (tertiary/aromatic N) is 5. The van der Waals surface area contributed by atoms with Gasteiger partial charge in [0.05, 0.1) is 12.2 Å². The van der Waals surface area contributed by atoms with Gasteiger partial charge in [-0.15, -0.1) is 0 Å². The Morgan fingerprint density at radius 2 is 2.28 bits per heavy atom. The van der Waals surface area contributed by atoms with Crippen molar-refractivity contribution in [3.63, 3.8) is 0 Å². The zero-order valence-electron chi connectivity index (χ0n) is 9.46. The fourth-order valence-electron chi connectivity index (χ4n) is 1.78. The molecule has 2 N–H and O–H groups in total. The number of hydrogen-bond donors (Lipinski definition) is 1. The van der Waals surface area contributed by atoms with E-state index in [-0.39, 0.29) is 0 Å². The van der Waals surface area contributed by atoms with Crippen LogP contribution in [0.5, 0.6) is 0 Å². The van der Waals surface area contributed by atoms with Gasteiger partial charge in [0, 0.05) is 17.5 Å². The van der Waals surface area contributed by atoms with Gasteiger partial charge in [0.25, 0.3) is 0 Å². The van der Waals surface area contributed by atoms with Gasteiger partial charge in [0.2, 0.25) is 5.65 Å². The molecule has 0 bridgehead atoms. The van der Waals surface area contributed by atoms with E-state index in [4.69, 9.17) is 5.73 Å². The molecule has 92 valence electrons. The van der Waals surface area contributed by atoms with Crippen LogP contribution in [0.3, 0.4) is 0 Å². The van der Waals surface area contributed by atoms with Gasteiger partial charge in [-0.05, 0) is 39.2 Å². The van der Waals surface area contributed by atoms with Gasteiger partial charge >= 0.3 is 0 Å². The molecule has 0 aliphatic heterocycles. The maximum Gasteiger partial charge on any atom is 0.226 e. The highest BCUT2D eigenvalue weighted by Crippen LogP contribution is 2.23. The molecule has 3 heterocycles. The minimum absolute atomic E-state index is 0.426. The summed E-state index contributed by atoms with van der Waals surface area (Å²) in [7, 11) is 0. The maximum absolute atomic E-state index is 6.06. The number of aromatic nitrogens is 5. The molecule has 3 aromatic rings. The number of rotatable bonds is 2. The van der Waals surface area contributed by atoms with Crippen LogP contribution in [0.2, 0.25) is 0 Å². The lowest BCUT2D eigenvalue weighted by Gasteiger charge is -2.08. The van der Waals surface area contributed by atoms with E-state index in [1.54, 1.807) is 4.68 Å². The number of aryl methyl sites for hydroxylation is 1. The van der Waals surface area contributed by atoms with E-state index in [0.29, 0.717) is 23.4 Å². The average Bonchev–Trinajstić information content (AvgIpc) is 2.93. The van der Waals surface area contributed by atoms with Crippen LogP contribution in [0.4, 0.5) is 5.69 Å². The van der Waals surface area contributed by atoms with Crippen molar-refractivity contribution in [3.8, 4) is 0 Å². The Morgan fingerprint density at radius 3 is 3.00 bits per heavy atom. The zero-order valence-corrected chi connectivity index (χ0v) is 11.0. The largest absolute Gasteiger partial charge is 0.396 e. The fourth-order valence-corrected chi connectivity index (χ4v) is 2.10. The predicted molar refractivity (Wildman–Crippen MR) is 67.8 cm³/mol. The predicted octanol–water partition coefficient (Wildman–Crippen LogP) is 1.52. The van der Waals surface area contributed by atoms with E-state index in [0.717, 1.165) is 15.9 Å². The van der Waals surface area contributed by atoms with Crippen molar-refractivity contribution in [2.45, 2.75) is 13.5 Å². The monoisotopic (exact) mass is 308 g/mol. The third-order valence-electron chi connectivity index (χ3n) is 2.69. The molecule has 3 aromatic heterocycles. The van der Waals surface area contributed by atoms with Crippen LogP contribution in [0.1, 0.15) is 11.3 Å². The summed E-state index contributed by atoms with van der Waals surface area (Å²) in [6.07, 6.45) is 1.86. The van der Waals surface area contributed by atoms with Crippen molar-refractivity contribution in [1.82, 2.24) is 25.1 Å². The minimum Gasteiger partial charge on any atom is -0.396 e. The van der Waals surface area contributed by atoms with Crippen LogP contribution >= 0.6 is 15.9 Å². The molecule has 0 saturated heterocycles. The Bertz CT molecular complexity index is 718. The molecule has 0 aromatic carbocycles. The lowest BCUT2D eigenvalue weighted by molar-refractivity contribution is 0.315. The summed E-state index contributed by atoms with van der Waals surface area (Å²) in [6.45, 7) is 2.40. The maximum atomic E-state index is 6.06. The number of halogens is 1. The summed E-state index contributed by atoms with van der Waals surface area (Å²) < 4.78 is 7.18. The highest BCUT2D eigenvalue weighted by Gasteiger charge is 2.14. The topological polar surface area (TPSA) is 95.6 Å². The van der Waals surface area contributed by atoms with Crippen molar-refractivity contribution >= 4 is 32.8 Å². The van der Waals surface area contributed by atoms with Gasteiger partial charge in [0.15, 0.2) is 5.52 Å². The van der Waals surface area contributed by atoms with Crippen LogP contribution in [0.15, 0.2) is 21.5 Å². The summed E-state index contributed by atoms with van der Waals surface area (Å²) >= 11 is 3.30. The van der Waals surface area contributed by atoms with Crippen molar-refractivity contribution in [1.29, 1.82) is 0 Å². The van der Waals surface area contributed by atoms with Crippen molar-refractivity contribution in [3.05, 3.63) is 28.1 Å². The third-order valence-corrected chi connectivity index (χ3v) is 3.11. The van der Waals surface area contributed by atoms with E-state index < -0.39 is 0 Å². The summed E-state index contributed by atoms with van der Waals surface area (Å²) in [5.74, 6) is 0. The molecule has 0 aliphatic carbocycles. The van der Waals surface area contributed by atoms with Crippen LogP contribution in [-0.2, 0) is 6.54 Å². The molecule has 7 nitrogen and oxygen atoms in total. The molecule has 0 radical (unpaired) electrons. The number of nitrogen functional groups attached to an aromatic ring is 1. The van der Waals surface area contributed by atoms with Gasteiger partial charge in [-0.2, -0.15) is 5.10 Å². The first-order chi connectivity index (χ1) is 8.65. The molecule has 0 fully saturated rings. The zero-order chi connectivity index (χ0) is 12.7. The molecule has 0 amide bonds. The minimum atomic E-state index is 0.426. The summed E-state index contributed by atoms with van der Waals surface area (Å²) in [5, 5.41) is 11.7. The molecule has 0 saturated carbocycles. The second-order valence-electron chi connectivity index (χ2n) is 3.86. The second-order valence-corrected chi connectivity index (χ2v) is 4.67. The molecule has 0 spiro atoms. The van der Waals surface area contributed by atoms with E-state index >= 15 is 0 Å². The van der Waals surface area contributed by atoms with Crippen molar-refractivity contribution in [2.24, 2.45) is 0 Å². The lowest BCUT2D eigenvalue weighted by Crippen LogP contribution is -2.07. The Balaban J connectivity index is 2.10. The molecule has 3 rings (SSSR count). The molecule has 18 heavy (non-hydrogen) atoms. The van der Waals surface area contributed by atoms with Crippen LogP contribution in [-0.4, -0.2) is 25.1 Å². The SMILES string of the molecule is Cc1nc2nonc2c(N)c1Cn1ccc(Br)n1. The summed E-state index contributed by atoms with van der Waals surface area (Å²) in [5.41, 5.74) is 9.17. The third kappa shape index (κ3) is 1.74. The molecular formula is C10H9BrN6O. The van der Waals surface area contributed by atoms with Crippen molar-refractivity contribution < 1.29 is 4.63 Å². The first-order valence-corrected chi connectivity index (χ1v) is 6.00. The Hall–Kier alpha value is -1.96. The number of hydrogen-bond acceptors (Lipinski definition) is 6. The number of nitrogens with two attached hydrogens (primary N) is 1. The molecule has 0 aliphatic rings. The Kier molecular flexibility index (Phi) is 2.51. The first kappa shape index (κ1) is 11.1.